The van der Waals surface area contributed by atoms with Crippen molar-refractivity contribution in [1.82, 2.24) is 24.8 Å². The van der Waals surface area contributed by atoms with Gasteiger partial charge in [-0.05, 0) is 20.0 Å². The molecule has 0 fully saturated rings. The molecule has 2 aromatic heterocycles. The van der Waals surface area contributed by atoms with Crippen LogP contribution in [0.15, 0.2) is 18.6 Å². The number of nitrogens with one attached hydrogen (secondary N) is 1. The van der Waals surface area contributed by atoms with Crippen molar-refractivity contribution >= 4 is 22.9 Å². The minimum atomic E-state index is -0.0637. The third kappa shape index (κ3) is 2.97. The molecular formula is C14H22N6O. The van der Waals surface area contributed by atoms with E-state index < -0.39 is 0 Å². The van der Waals surface area contributed by atoms with Crippen molar-refractivity contribution in [1.29, 1.82) is 0 Å². The van der Waals surface area contributed by atoms with Crippen LogP contribution in [0.1, 0.15) is 6.92 Å². The normalized spacial score (nSPS) is 10.9. The van der Waals surface area contributed by atoms with Crippen LogP contribution in [0.5, 0.6) is 0 Å². The molecule has 0 saturated carbocycles. The lowest BCUT2D eigenvalue weighted by Gasteiger charge is -2.21. The highest BCUT2D eigenvalue weighted by Gasteiger charge is 2.18. The molecule has 2 aromatic rings. The first kappa shape index (κ1) is 15.2. The van der Waals surface area contributed by atoms with Crippen molar-refractivity contribution < 1.29 is 4.79 Å². The maximum Gasteiger partial charge on any atom is 0.329 e. The van der Waals surface area contributed by atoms with Gasteiger partial charge in [-0.25, -0.2) is 14.8 Å². The molecule has 2 rings (SSSR count). The van der Waals surface area contributed by atoms with E-state index in [-0.39, 0.29) is 6.03 Å². The lowest BCUT2D eigenvalue weighted by Crippen LogP contribution is -2.38. The summed E-state index contributed by atoms with van der Waals surface area (Å²) in [6.45, 7) is 4.05. The van der Waals surface area contributed by atoms with E-state index in [0.717, 1.165) is 17.7 Å². The Morgan fingerprint density at radius 2 is 2.14 bits per heavy atom. The van der Waals surface area contributed by atoms with Gasteiger partial charge in [-0.15, -0.1) is 0 Å². The number of anilines is 1. The van der Waals surface area contributed by atoms with E-state index in [9.17, 15) is 4.79 Å². The van der Waals surface area contributed by atoms with E-state index in [0.29, 0.717) is 18.7 Å². The molecule has 0 radical (unpaired) electrons. The zero-order chi connectivity index (χ0) is 15.4. The predicted octanol–water partition coefficient (Wildman–Crippen LogP) is 1.01. The van der Waals surface area contributed by atoms with Crippen molar-refractivity contribution in [2.45, 2.75) is 6.92 Å². The fourth-order valence-electron chi connectivity index (χ4n) is 2.24. The van der Waals surface area contributed by atoms with Gasteiger partial charge in [0.2, 0.25) is 0 Å². The van der Waals surface area contributed by atoms with Gasteiger partial charge in [0.1, 0.15) is 12.1 Å². The molecule has 0 aliphatic rings. The maximum absolute atomic E-state index is 12.6. The smallest absolute Gasteiger partial charge is 0.329 e. The van der Waals surface area contributed by atoms with Gasteiger partial charge in [0.15, 0.2) is 5.65 Å². The van der Waals surface area contributed by atoms with E-state index in [1.807, 2.05) is 39.0 Å². The number of hydrogen-bond acceptors (Lipinski definition) is 5. The molecule has 0 atom stereocenters. The number of rotatable bonds is 5. The van der Waals surface area contributed by atoms with Crippen molar-refractivity contribution in [3.05, 3.63) is 18.6 Å². The van der Waals surface area contributed by atoms with Gasteiger partial charge >= 0.3 is 6.03 Å². The van der Waals surface area contributed by atoms with Crippen LogP contribution in [0, 0.1) is 0 Å². The van der Waals surface area contributed by atoms with Crippen LogP contribution in [0.2, 0.25) is 0 Å². The number of hydrogen-bond donors (Lipinski definition) is 1. The second kappa shape index (κ2) is 6.53. The summed E-state index contributed by atoms with van der Waals surface area (Å²) in [4.78, 5) is 24.8. The van der Waals surface area contributed by atoms with E-state index in [4.69, 9.17) is 0 Å². The average molecular weight is 290 g/mol. The van der Waals surface area contributed by atoms with E-state index in [2.05, 4.69) is 15.3 Å². The standard InChI is InChI=1S/C14H22N6O/c1-5-19(9-7-15-2)14(21)20-8-6-11-12(18(3)4)16-10-17-13(11)20/h6,8,10,15H,5,7,9H2,1-4H3. The number of amides is 1. The highest BCUT2D eigenvalue weighted by Crippen LogP contribution is 2.22. The molecule has 0 bridgehead atoms. The Bertz CT molecular complexity index is 621. The van der Waals surface area contributed by atoms with Crippen LogP contribution in [-0.2, 0) is 0 Å². The van der Waals surface area contributed by atoms with Crippen molar-refractivity contribution in [3.63, 3.8) is 0 Å². The highest BCUT2D eigenvalue weighted by molar-refractivity contribution is 5.94. The summed E-state index contributed by atoms with van der Waals surface area (Å²) < 4.78 is 1.59. The van der Waals surface area contributed by atoms with Gasteiger partial charge < -0.3 is 15.1 Å². The van der Waals surface area contributed by atoms with Gasteiger partial charge in [0.05, 0.1) is 5.39 Å². The molecule has 7 nitrogen and oxygen atoms in total. The number of fused-ring (bicyclic) bond motifs is 1. The molecule has 114 valence electrons. The Morgan fingerprint density at radius 1 is 1.38 bits per heavy atom. The average Bonchev–Trinajstić information content (AvgIpc) is 2.91. The first-order valence-corrected chi connectivity index (χ1v) is 7.03. The fraction of sp³-hybridized carbons (Fsp3) is 0.500. The first-order valence-electron chi connectivity index (χ1n) is 7.03. The molecule has 1 amide bonds. The van der Waals surface area contributed by atoms with Crippen LogP contribution in [0.3, 0.4) is 0 Å². The quantitative estimate of drug-likeness (QED) is 0.890. The monoisotopic (exact) mass is 290 g/mol. The summed E-state index contributed by atoms with van der Waals surface area (Å²) >= 11 is 0. The molecule has 0 aliphatic carbocycles. The van der Waals surface area contributed by atoms with Gasteiger partial charge in [-0.1, -0.05) is 0 Å². The molecule has 0 spiro atoms. The van der Waals surface area contributed by atoms with Crippen molar-refractivity contribution in [3.8, 4) is 0 Å². The molecular weight excluding hydrogens is 268 g/mol. The van der Waals surface area contributed by atoms with Crippen LogP contribution in [0.4, 0.5) is 10.6 Å². The second-order valence-electron chi connectivity index (χ2n) is 4.98. The van der Waals surface area contributed by atoms with E-state index in [1.54, 1.807) is 15.7 Å². The van der Waals surface area contributed by atoms with Gasteiger partial charge in [-0.2, -0.15) is 0 Å². The lowest BCUT2D eigenvalue weighted by atomic mass is 10.3. The predicted molar refractivity (Wildman–Crippen MR) is 83.8 cm³/mol. The van der Waals surface area contributed by atoms with E-state index >= 15 is 0 Å². The Hall–Kier alpha value is -2.15. The Labute approximate surface area is 124 Å². The summed E-state index contributed by atoms with van der Waals surface area (Å²) in [6, 6.07) is 1.82. The molecule has 0 saturated heterocycles. The summed E-state index contributed by atoms with van der Waals surface area (Å²) in [5.41, 5.74) is 0.640. The summed E-state index contributed by atoms with van der Waals surface area (Å²) in [7, 11) is 5.72. The largest absolute Gasteiger partial charge is 0.362 e. The molecule has 0 aliphatic heterocycles. The topological polar surface area (TPSA) is 66.3 Å². The molecule has 0 unspecified atom stereocenters. The third-order valence-corrected chi connectivity index (χ3v) is 3.37. The Kier molecular flexibility index (Phi) is 4.74. The summed E-state index contributed by atoms with van der Waals surface area (Å²) in [6.07, 6.45) is 3.25. The Balaban J connectivity index is 2.38. The van der Waals surface area contributed by atoms with Crippen molar-refractivity contribution in [2.75, 3.05) is 45.7 Å². The van der Waals surface area contributed by atoms with Crippen LogP contribution in [0.25, 0.3) is 11.0 Å². The van der Waals surface area contributed by atoms with E-state index in [1.165, 1.54) is 6.33 Å². The van der Waals surface area contributed by atoms with Gasteiger partial charge in [0, 0.05) is 39.9 Å². The summed E-state index contributed by atoms with van der Waals surface area (Å²) in [5.74, 6) is 0.810. The van der Waals surface area contributed by atoms with Crippen LogP contribution < -0.4 is 10.2 Å². The minimum Gasteiger partial charge on any atom is -0.362 e. The van der Waals surface area contributed by atoms with Crippen molar-refractivity contribution in [2.24, 2.45) is 0 Å². The molecule has 7 heteroatoms. The SMILES string of the molecule is CCN(CCNC)C(=O)n1ccc2c(N(C)C)ncnc21. The zero-order valence-electron chi connectivity index (χ0n) is 13.0. The van der Waals surface area contributed by atoms with Gasteiger partial charge in [-0.3, -0.25) is 4.57 Å². The number of aromatic nitrogens is 3. The lowest BCUT2D eigenvalue weighted by molar-refractivity contribution is 0.203. The molecule has 0 aromatic carbocycles. The first-order chi connectivity index (χ1) is 10.1. The highest BCUT2D eigenvalue weighted by atomic mass is 16.2. The number of likely N-dealkylation sites (N-methyl/N-ethyl adjacent to an activating group) is 2. The van der Waals surface area contributed by atoms with Crippen LogP contribution in [-0.4, -0.2) is 66.2 Å². The third-order valence-electron chi connectivity index (χ3n) is 3.37. The molecule has 1 N–H and O–H groups in total. The summed E-state index contributed by atoms with van der Waals surface area (Å²) in [5, 5.41) is 3.93. The number of nitrogens with zero attached hydrogens (tertiary/aromatic N) is 5. The maximum atomic E-state index is 12.6. The second-order valence-corrected chi connectivity index (χ2v) is 4.98. The number of carbonyl (C=O) groups excluding carboxylic acids is 1. The number of carbonyl (C=O) groups is 1. The molecule has 21 heavy (non-hydrogen) atoms. The van der Waals surface area contributed by atoms with Crippen LogP contribution >= 0.6 is 0 Å². The minimum absolute atomic E-state index is 0.0637. The fourth-order valence-corrected chi connectivity index (χ4v) is 2.24. The van der Waals surface area contributed by atoms with Gasteiger partial charge in [0.25, 0.3) is 0 Å². The molecule has 2 heterocycles. The zero-order valence-corrected chi connectivity index (χ0v) is 13.0. The Morgan fingerprint density at radius 3 is 2.76 bits per heavy atom.